The Morgan fingerprint density at radius 2 is 1.79 bits per heavy atom. The predicted molar refractivity (Wildman–Crippen MR) is 114 cm³/mol. The smallest absolute Gasteiger partial charge is 0.305 e. The summed E-state index contributed by atoms with van der Waals surface area (Å²) in [5.74, 6) is 0.714. The van der Waals surface area contributed by atoms with Crippen molar-refractivity contribution in [1.29, 1.82) is 0 Å². The van der Waals surface area contributed by atoms with Crippen LogP contribution in [0.25, 0.3) is 0 Å². The van der Waals surface area contributed by atoms with Gasteiger partial charge in [-0.05, 0) is 56.8 Å². The number of hydrogen-bond donors (Lipinski definition) is 2. The van der Waals surface area contributed by atoms with Crippen LogP contribution in [0.5, 0.6) is 0 Å². The number of carbonyl (C=O) groups is 1. The van der Waals surface area contributed by atoms with Crippen molar-refractivity contribution in [3.05, 3.63) is 35.4 Å². The Labute approximate surface area is 169 Å². The van der Waals surface area contributed by atoms with Crippen LogP contribution in [0.2, 0.25) is 0 Å². The number of methoxy groups -OCH3 is 1. The molecule has 1 saturated heterocycles. The van der Waals surface area contributed by atoms with Crippen molar-refractivity contribution in [2.75, 3.05) is 33.3 Å². The topological polar surface area (TPSA) is 66.0 Å². The Balaban J connectivity index is 1.71. The third kappa shape index (κ3) is 8.74. The molecule has 0 radical (unpaired) electrons. The number of nitrogens with one attached hydrogen (secondary N) is 2. The molecule has 0 aliphatic carbocycles. The van der Waals surface area contributed by atoms with E-state index in [0.717, 1.165) is 44.9 Å². The highest BCUT2D eigenvalue weighted by Crippen LogP contribution is 2.13. The molecule has 2 N–H and O–H groups in total. The van der Waals surface area contributed by atoms with Gasteiger partial charge in [0.05, 0.1) is 13.7 Å². The summed E-state index contributed by atoms with van der Waals surface area (Å²) in [5.41, 5.74) is 2.60. The summed E-state index contributed by atoms with van der Waals surface area (Å²) in [6, 6.07) is 8.83. The molecule has 0 spiro atoms. The number of guanidine groups is 1. The molecule has 1 aromatic carbocycles. The molecule has 0 bridgehead atoms. The van der Waals surface area contributed by atoms with Gasteiger partial charge in [0.1, 0.15) is 0 Å². The molecular weight excluding hydrogens is 352 g/mol. The van der Waals surface area contributed by atoms with Crippen LogP contribution in [-0.4, -0.2) is 50.1 Å². The monoisotopic (exact) mass is 388 g/mol. The maximum Gasteiger partial charge on any atom is 0.305 e. The van der Waals surface area contributed by atoms with Gasteiger partial charge in [0.2, 0.25) is 0 Å². The zero-order valence-corrected chi connectivity index (χ0v) is 17.5. The van der Waals surface area contributed by atoms with E-state index in [2.05, 4.69) is 56.5 Å². The second kappa shape index (κ2) is 13.2. The molecule has 1 aliphatic rings. The summed E-state index contributed by atoms with van der Waals surface area (Å²) in [7, 11) is 1.43. The number of unbranched alkanes of at least 4 members (excludes halogenated alkanes) is 2. The zero-order valence-electron chi connectivity index (χ0n) is 17.5. The Bertz CT molecular complexity index is 595. The molecule has 0 amide bonds. The first kappa shape index (κ1) is 22.2. The summed E-state index contributed by atoms with van der Waals surface area (Å²) < 4.78 is 4.66. The van der Waals surface area contributed by atoms with Crippen molar-refractivity contribution in [2.45, 2.75) is 58.5 Å². The van der Waals surface area contributed by atoms with Crippen molar-refractivity contribution in [3.8, 4) is 0 Å². The van der Waals surface area contributed by atoms with E-state index in [0.29, 0.717) is 13.0 Å². The lowest BCUT2D eigenvalue weighted by atomic mass is 10.1. The molecule has 1 heterocycles. The van der Waals surface area contributed by atoms with Crippen LogP contribution in [0.3, 0.4) is 0 Å². The van der Waals surface area contributed by atoms with Gasteiger partial charge in [0.25, 0.3) is 0 Å². The van der Waals surface area contributed by atoms with Gasteiger partial charge < -0.3 is 15.4 Å². The van der Waals surface area contributed by atoms with Gasteiger partial charge in [-0.25, -0.2) is 4.99 Å². The minimum Gasteiger partial charge on any atom is -0.469 e. The molecule has 0 aromatic heterocycles. The Morgan fingerprint density at radius 1 is 1.07 bits per heavy atom. The average molecular weight is 389 g/mol. The number of rotatable bonds is 11. The van der Waals surface area contributed by atoms with E-state index in [1.807, 2.05) is 0 Å². The fourth-order valence-corrected chi connectivity index (χ4v) is 3.34. The Kier molecular flexibility index (Phi) is 10.4. The summed E-state index contributed by atoms with van der Waals surface area (Å²) >= 11 is 0. The maximum absolute atomic E-state index is 11.1. The van der Waals surface area contributed by atoms with Crippen molar-refractivity contribution >= 4 is 11.9 Å². The fourth-order valence-electron chi connectivity index (χ4n) is 3.34. The summed E-state index contributed by atoms with van der Waals surface area (Å²) in [6.45, 7) is 7.94. The molecule has 0 saturated carbocycles. The molecule has 0 unspecified atom stereocenters. The van der Waals surface area contributed by atoms with Crippen LogP contribution in [0.1, 0.15) is 56.6 Å². The van der Waals surface area contributed by atoms with Crippen molar-refractivity contribution in [1.82, 2.24) is 15.5 Å². The van der Waals surface area contributed by atoms with Gasteiger partial charge in [-0.15, -0.1) is 0 Å². The van der Waals surface area contributed by atoms with E-state index in [-0.39, 0.29) is 5.97 Å². The van der Waals surface area contributed by atoms with Crippen molar-refractivity contribution in [3.63, 3.8) is 0 Å². The van der Waals surface area contributed by atoms with Crippen molar-refractivity contribution in [2.24, 2.45) is 4.99 Å². The van der Waals surface area contributed by atoms with E-state index in [1.165, 1.54) is 44.2 Å². The van der Waals surface area contributed by atoms with Crippen LogP contribution >= 0.6 is 0 Å². The van der Waals surface area contributed by atoms with Crippen LogP contribution in [-0.2, 0) is 22.6 Å². The van der Waals surface area contributed by atoms with Gasteiger partial charge in [0, 0.05) is 26.1 Å². The highest BCUT2D eigenvalue weighted by atomic mass is 16.5. The SMILES string of the molecule is CCNC(=NCc1ccc(CN2CCCC2)cc1)NCCCCCC(=O)OC. The van der Waals surface area contributed by atoms with Gasteiger partial charge in [0.15, 0.2) is 5.96 Å². The number of benzene rings is 1. The second-order valence-corrected chi connectivity index (χ2v) is 7.31. The number of nitrogens with zero attached hydrogens (tertiary/aromatic N) is 2. The average Bonchev–Trinajstić information content (AvgIpc) is 3.22. The first-order valence-corrected chi connectivity index (χ1v) is 10.6. The number of esters is 1. The third-order valence-electron chi connectivity index (χ3n) is 4.97. The lowest BCUT2D eigenvalue weighted by molar-refractivity contribution is -0.140. The molecule has 6 nitrogen and oxygen atoms in total. The highest BCUT2D eigenvalue weighted by molar-refractivity contribution is 5.79. The van der Waals surface area contributed by atoms with Crippen LogP contribution < -0.4 is 10.6 Å². The van der Waals surface area contributed by atoms with E-state index < -0.39 is 0 Å². The fraction of sp³-hybridized carbons (Fsp3) is 0.636. The molecule has 1 aliphatic heterocycles. The number of hydrogen-bond acceptors (Lipinski definition) is 4. The Morgan fingerprint density at radius 3 is 2.46 bits per heavy atom. The molecule has 2 rings (SSSR count). The molecule has 0 atom stereocenters. The van der Waals surface area contributed by atoms with E-state index in [1.54, 1.807) is 0 Å². The largest absolute Gasteiger partial charge is 0.469 e. The molecule has 1 fully saturated rings. The maximum atomic E-state index is 11.1. The number of carbonyl (C=O) groups excluding carboxylic acids is 1. The lowest BCUT2D eigenvalue weighted by Gasteiger charge is -2.14. The van der Waals surface area contributed by atoms with Gasteiger partial charge in [-0.2, -0.15) is 0 Å². The zero-order chi connectivity index (χ0) is 20.0. The van der Waals surface area contributed by atoms with Crippen molar-refractivity contribution < 1.29 is 9.53 Å². The minimum atomic E-state index is -0.130. The highest BCUT2D eigenvalue weighted by Gasteiger charge is 2.11. The molecule has 1 aromatic rings. The van der Waals surface area contributed by atoms with Crippen LogP contribution in [0, 0.1) is 0 Å². The lowest BCUT2D eigenvalue weighted by Crippen LogP contribution is -2.37. The minimum absolute atomic E-state index is 0.130. The van der Waals surface area contributed by atoms with Gasteiger partial charge in [-0.1, -0.05) is 30.7 Å². The van der Waals surface area contributed by atoms with Gasteiger partial charge >= 0.3 is 5.97 Å². The molecule has 28 heavy (non-hydrogen) atoms. The number of ether oxygens (including phenoxy) is 1. The first-order valence-electron chi connectivity index (χ1n) is 10.6. The Hall–Kier alpha value is -2.08. The predicted octanol–water partition coefficient (Wildman–Crippen LogP) is 3.07. The summed E-state index contributed by atoms with van der Waals surface area (Å²) in [5, 5.41) is 6.66. The summed E-state index contributed by atoms with van der Waals surface area (Å²) in [4.78, 5) is 18.3. The summed E-state index contributed by atoms with van der Waals surface area (Å²) in [6.07, 6.45) is 6.04. The van der Waals surface area contributed by atoms with E-state index in [4.69, 9.17) is 0 Å². The first-order chi connectivity index (χ1) is 13.7. The number of aliphatic imine (C=N–C) groups is 1. The van der Waals surface area contributed by atoms with E-state index >= 15 is 0 Å². The normalized spacial score (nSPS) is 14.9. The van der Waals surface area contributed by atoms with Gasteiger partial charge in [-0.3, -0.25) is 9.69 Å². The molecule has 6 heteroatoms. The second-order valence-electron chi connectivity index (χ2n) is 7.31. The molecule has 156 valence electrons. The standard InChI is InChI=1S/C22H36N4O2/c1-3-23-22(24-14-6-4-5-9-21(27)28-2)25-17-19-10-12-20(13-11-19)18-26-15-7-8-16-26/h10-13H,3-9,14-18H2,1-2H3,(H2,23,24,25). The van der Waals surface area contributed by atoms with Crippen LogP contribution in [0.4, 0.5) is 0 Å². The number of likely N-dealkylation sites (tertiary alicyclic amines) is 1. The van der Waals surface area contributed by atoms with Crippen LogP contribution in [0.15, 0.2) is 29.3 Å². The quantitative estimate of drug-likeness (QED) is 0.264. The third-order valence-corrected chi connectivity index (χ3v) is 4.97. The van der Waals surface area contributed by atoms with E-state index in [9.17, 15) is 4.79 Å². The molecular formula is C22H36N4O2.